The van der Waals surface area contributed by atoms with E-state index in [1.165, 1.54) is 6.92 Å². The molecule has 290 valence electrons. The van der Waals surface area contributed by atoms with Gasteiger partial charge in [-0.1, -0.05) is 39.3 Å². The van der Waals surface area contributed by atoms with E-state index in [0.29, 0.717) is 30.1 Å². The molecule has 3 saturated carbocycles. The second-order valence-electron chi connectivity index (χ2n) is 18.0. The van der Waals surface area contributed by atoms with Crippen molar-refractivity contribution in [2.45, 2.75) is 165 Å². The van der Waals surface area contributed by atoms with Crippen molar-refractivity contribution in [1.29, 1.82) is 0 Å². The van der Waals surface area contributed by atoms with Gasteiger partial charge in [-0.2, -0.15) is 0 Å². The first-order chi connectivity index (χ1) is 24.1. The maximum Gasteiger partial charge on any atom is 0.187 e. The van der Waals surface area contributed by atoms with Crippen molar-refractivity contribution in [2.75, 3.05) is 13.2 Å². The molecule has 4 saturated heterocycles. The zero-order valence-corrected chi connectivity index (χ0v) is 30.5. The van der Waals surface area contributed by atoms with Gasteiger partial charge in [0.15, 0.2) is 18.4 Å². The van der Waals surface area contributed by atoms with Crippen LogP contribution < -0.4 is 0 Å². The maximum atomic E-state index is 11.7. The van der Waals surface area contributed by atoms with Gasteiger partial charge < -0.3 is 64.2 Å². The summed E-state index contributed by atoms with van der Waals surface area (Å²) in [4.78, 5) is 0. The van der Waals surface area contributed by atoms with E-state index in [0.717, 1.165) is 50.7 Å². The molecule has 4 heterocycles. The maximum absolute atomic E-state index is 11.7. The lowest BCUT2D eigenvalue weighted by molar-refractivity contribution is -0.366. The topological polar surface area (TPSA) is 197 Å². The standard InChI is InChI=1S/C38H60O13/c1-16-8-11-38(47-14-16)17(2)26-25(51-38)13-22-20-7-6-19-12-23(39)29(43)33(37(19,5)21(20)9-10-36(22,26)4)50-35-32(28(42)24(40)15-46-35)49-34-31(45)30(44)27(41)18(3)48-34/h6,16-18,20-35,39-45H,7-15H2,1-5H3. The summed E-state index contributed by atoms with van der Waals surface area (Å²) in [6, 6.07) is 0. The number of hydrogen-bond acceptors (Lipinski definition) is 13. The van der Waals surface area contributed by atoms with Crippen molar-refractivity contribution in [3.8, 4) is 0 Å². The lowest BCUT2D eigenvalue weighted by Crippen LogP contribution is -2.65. The largest absolute Gasteiger partial charge is 0.390 e. The lowest BCUT2D eigenvalue weighted by Gasteiger charge is -2.61. The molecule has 7 N–H and O–H groups in total. The Morgan fingerprint density at radius 1 is 0.784 bits per heavy atom. The Labute approximate surface area is 300 Å². The van der Waals surface area contributed by atoms with E-state index in [9.17, 15) is 35.7 Å². The van der Waals surface area contributed by atoms with Gasteiger partial charge in [0.05, 0.1) is 37.6 Å². The second-order valence-corrected chi connectivity index (χ2v) is 18.0. The normalized spacial score (nSPS) is 59.8. The van der Waals surface area contributed by atoms with Crippen molar-refractivity contribution in [3.63, 3.8) is 0 Å². The van der Waals surface area contributed by atoms with Gasteiger partial charge in [0.1, 0.15) is 42.7 Å². The van der Waals surface area contributed by atoms with Gasteiger partial charge in [-0.05, 0) is 80.5 Å². The molecule has 8 rings (SSSR count). The summed E-state index contributed by atoms with van der Waals surface area (Å²) in [5, 5.41) is 75.9. The molecular formula is C38H60O13. The Balaban J connectivity index is 1.06. The van der Waals surface area contributed by atoms with E-state index in [1.807, 2.05) is 0 Å². The Bertz CT molecular complexity index is 1320. The van der Waals surface area contributed by atoms with Crippen LogP contribution in [0, 0.1) is 46.3 Å². The lowest BCUT2D eigenvalue weighted by atomic mass is 9.46. The fraction of sp³-hybridized carbons (Fsp3) is 0.947. The van der Waals surface area contributed by atoms with Crippen LogP contribution in [0.1, 0.15) is 79.6 Å². The molecule has 0 aromatic carbocycles. The predicted octanol–water partition coefficient (Wildman–Crippen LogP) is 0.971. The Hall–Kier alpha value is -0.780. The number of allylic oxidation sites excluding steroid dienone is 1. The first-order valence-corrected chi connectivity index (χ1v) is 19.5. The third-order valence-electron chi connectivity index (χ3n) is 15.3. The van der Waals surface area contributed by atoms with E-state index < -0.39 is 84.8 Å². The molecule has 0 aromatic heterocycles. The minimum absolute atomic E-state index is 0.0633. The Morgan fingerprint density at radius 3 is 2.27 bits per heavy atom. The van der Waals surface area contributed by atoms with Gasteiger partial charge >= 0.3 is 0 Å². The van der Waals surface area contributed by atoms with E-state index in [2.05, 4.69) is 33.8 Å². The molecule has 51 heavy (non-hydrogen) atoms. The summed E-state index contributed by atoms with van der Waals surface area (Å²) in [6.45, 7) is 11.1. The van der Waals surface area contributed by atoms with Crippen LogP contribution in [0.5, 0.6) is 0 Å². The first kappa shape index (κ1) is 37.2. The average Bonchev–Trinajstić information content (AvgIpc) is 3.55. The van der Waals surface area contributed by atoms with E-state index in [4.69, 9.17) is 28.4 Å². The van der Waals surface area contributed by atoms with Crippen LogP contribution in [0.3, 0.4) is 0 Å². The van der Waals surface area contributed by atoms with Crippen LogP contribution in [0.25, 0.3) is 0 Å². The van der Waals surface area contributed by atoms with Crippen LogP contribution in [0.15, 0.2) is 11.6 Å². The molecule has 22 unspecified atom stereocenters. The van der Waals surface area contributed by atoms with E-state index in [-0.39, 0.29) is 30.0 Å². The number of rotatable bonds is 4. The van der Waals surface area contributed by atoms with Gasteiger partial charge in [0, 0.05) is 17.8 Å². The third kappa shape index (κ3) is 5.58. The smallest absolute Gasteiger partial charge is 0.187 e. The van der Waals surface area contributed by atoms with E-state index >= 15 is 0 Å². The highest BCUT2D eigenvalue weighted by Crippen LogP contribution is 2.71. The van der Waals surface area contributed by atoms with Gasteiger partial charge in [-0.3, -0.25) is 0 Å². The van der Waals surface area contributed by atoms with Crippen molar-refractivity contribution in [1.82, 2.24) is 0 Å². The molecule has 1 spiro atoms. The fourth-order valence-corrected chi connectivity index (χ4v) is 12.4. The minimum Gasteiger partial charge on any atom is -0.390 e. The van der Waals surface area contributed by atoms with Crippen LogP contribution in [0.2, 0.25) is 0 Å². The predicted molar refractivity (Wildman–Crippen MR) is 178 cm³/mol. The molecule has 4 aliphatic carbocycles. The molecule has 8 aliphatic rings. The highest BCUT2D eigenvalue weighted by Gasteiger charge is 2.70. The molecule has 4 aliphatic heterocycles. The van der Waals surface area contributed by atoms with E-state index in [1.54, 1.807) is 0 Å². The second kappa shape index (κ2) is 13.2. The van der Waals surface area contributed by atoms with Crippen LogP contribution in [-0.2, 0) is 28.4 Å². The summed E-state index contributed by atoms with van der Waals surface area (Å²) in [6.07, 6.45) is -7.41. The molecule has 0 aromatic rings. The molecule has 22 atom stereocenters. The number of ether oxygens (including phenoxy) is 6. The van der Waals surface area contributed by atoms with Crippen LogP contribution in [-0.4, -0.2) is 134 Å². The summed E-state index contributed by atoms with van der Waals surface area (Å²) in [5.74, 6) is 1.53. The molecule has 13 heteroatoms. The zero-order chi connectivity index (χ0) is 36.4. The van der Waals surface area contributed by atoms with Gasteiger partial charge in [0.2, 0.25) is 0 Å². The molecule has 0 amide bonds. The van der Waals surface area contributed by atoms with Crippen LogP contribution in [0.4, 0.5) is 0 Å². The van der Waals surface area contributed by atoms with Crippen molar-refractivity contribution < 1.29 is 64.2 Å². The summed E-state index contributed by atoms with van der Waals surface area (Å²) in [5.41, 5.74) is 0.405. The van der Waals surface area contributed by atoms with Gasteiger partial charge in [-0.15, -0.1) is 0 Å². The molecule has 13 nitrogen and oxygen atoms in total. The fourth-order valence-electron chi connectivity index (χ4n) is 12.4. The number of hydrogen-bond donors (Lipinski definition) is 7. The Morgan fingerprint density at radius 2 is 1.55 bits per heavy atom. The van der Waals surface area contributed by atoms with Crippen molar-refractivity contribution in [3.05, 3.63) is 11.6 Å². The molecule has 7 fully saturated rings. The zero-order valence-electron chi connectivity index (χ0n) is 30.5. The number of aliphatic hydroxyl groups is 7. The van der Waals surface area contributed by atoms with Gasteiger partial charge in [0.25, 0.3) is 0 Å². The SMILES string of the molecule is CC1CCC2(OC1)OC1CC3C4CC=C5CC(O)C(O)C(OC6OCC(O)C(O)C6OC6OC(C)C(O)C(O)C6O)C5(C)C4CCC3(C)C1C2C. The van der Waals surface area contributed by atoms with Crippen molar-refractivity contribution >= 4 is 0 Å². The third-order valence-corrected chi connectivity index (χ3v) is 15.3. The first-order valence-electron chi connectivity index (χ1n) is 19.5. The molecule has 0 bridgehead atoms. The molecular weight excluding hydrogens is 664 g/mol. The highest BCUT2D eigenvalue weighted by molar-refractivity contribution is 5.30. The Kier molecular flexibility index (Phi) is 9.60. The minimum atomic E-state index is -1.66. The van der Waals surface area contributed by atoms with Gasteiger partial charge in [-0.25, -0.2) is 0 Å². The quantitative estimate of drug-likeness (QED) is 0.203. The average molecular weight is 725 g/mol. The number of fused-ring (bicyclic) bond motifs is 7. The summed E-state index contributed by atoms with van der Waals surface area (Å²) < 4.78 is 37.7. The monoisotopic (exact) mass is 724 g/mol. The van der Waals surface area contributed by atoms with Crippen LogP contribution >= 0.6 is 0 Å². The summed E-state index contributed by atoms with van der Waals surface area (Å²) >= 11 is 0. The summed E-state index contributed by atoms with van der Waals surface area (Å²) in [7, 11) is 0. The highest BCUT2D eigenvalue weighted by atomic mass is 16.8. The molecule has 0 radical (unpaired) electrons. The number of aliphatic hydroxyl groups excluding tert-OH is 7. The van der Waals surface area contributed by atoms with Crippen molar-refractivity contribution in [2.24, 2.45) is 46.3 Å².